The van der Waals surface area contributed by atoms with Crippen molar-refractivity contribution in [1.82, 2.24) is 19.4 Å². The predicted molar refractivity (Wildman–Crippen MR) is 173 cm³/mol. The Morgan fingerprint density at radius 3 is 2.53 bits per heavy atom. The van der Waals surface area contributed by atoms with Crippen LogP contribution in [0.25, 0.3) is 10.2 Å². The van der Waals surface area contributed by atoms with Gasteiger partial charge in [0.05, 0.1) is 16.5 Å². The second kappa shape index (κ2) is 13.9. The van der Waals surface area contributed by atoms with Crippen LogP contribution in [0.15, 0.2) is 66.1 Å². The Kier molecular flexibility index (Phi) is 9.93. The number of rotatable bonds is 11. The summed E-state index contributed by atoms with van der Waals surface area (Å²) in [4.78, 5) is 35.3. The quantitative estimate of drug-likeness (QED) is 0.153. The molecule has 0 atom stereocenters. The number of hydrogen-bond donors (Lipinski definition) is 2. The minimum absolute atomic E-state index is 0.0424. The molecule has 0 bridgehead atoms. The molecule has 2 N–H and O–H groups in total. The molecule has 0 saturated carbocycles. The molecule has 4 aromatic rings. The van der Waals surface area contributed by atoms with Crippen LogP contribution in [0.5, 0.6) is 5.75 Å². The number of aromatic nitrogens is 3. The Bertz CT molecular complexity index is 1710. The highest BCUT2D eigenvalue weighted by Crippen LogP contribution is 2.31. The highest BCUT2D eigenvalue weighted by Gasteiger charge is 2.28. The maximum atomic E-state index is 13.0. The monoisotopic (exact) mass is 654 g/mol. The number of ether oxygens (including phenoxy) is 1. The zero-order chi connectivity index (χ0) is 32.0. The first-order valence-electron chi connectivity index (χ1n) is 14.9. The molecule has 3 heterocycles. The maximum Gasteiger partial charge on any atom is 0.410 e. The van der Waals surface area contributed by atoms with Gasteiger partial charge in [-0.1, -0.05) is 11.3 Å². The molecule has 240 valence electrons. The van der Waals surface area contributed by atoms with Crippen molar-refractivity contribution in [2.75, 3.05) is 30.3 Å². The van der Waals surface area contributed by atoms with Crippen LogP contribution in [0.2, 0.25) is 0 Å². The first kappa shape index (κ1) is 32.2. The number of anilines is 2. The molecule has 1 aliphatic heterocycles. The van der Waals surface area contributed by atoms with E-state index in [-0.39, 0.29) is 28.6 Å². The van der Waals surface area contributed by atoms with Gasteiger partial charge in [-0.3, -0.25) is 4.79 Å². The lowest BCUT2D eigenvalue weighted by Crippen LogP contribution is -2.42. The summed E-state index contributed by atoms with van der Waals surface area (Å²) in [5.41, 5.74) is 0.888. The van der Waals surface area contributed by atoms with Gasteiger partial charge in [0, 0.05) is 56.7 Å². The van der Waals surface area contributed by atoms with Crippen molar-refractivity contribution in [2.45, 2.75) is 63.5 Å². The van der Waals surface area contributed by atoms with Crippen LogP contribution in [0.4, 0.5) is 15.6 Å². The van der Waals surface area contributed by atoms with Crippen LogP contribution >= 0.6 is 11.3 Å². The number of thiazole rings is 1. The standard InChI is InChI=1S/C31H38N6O6S2/c1-31(2,3)42-30(39)37-16-11-22(12-17-37)19-28(38)35-29-34-26-10-7-24(20-27(26)44-29)43-45(40,41)25-8-5-23(6-9-25)33-13-4-15-36-18-14-32-21-36/h5-10,14,18,20-22,33H,4,11-13,15-17,19H2,1-3H3,(H,34,35,38). The van der Waals surface area contributed by atoms with Crippen LogP contribution in [0, 0.1) is 5.92 Å². The minimum Gasteiger partial charge on any atom is -0.444 e. The molecule has 2 aromatic carbocycles. The second-order valence-corrected chi connectivity index (χ2v) is 14.5. The molecule has 0 unspecified atom stereocenters. The third-order valence-corrected chi connectivity index (χ3v) is 9.37. The fourth-order valence-corrected chi connectivity index (χ4v) is 6.75. The first-order chi connectivity index (χ1) is 21.4. The number of piperidine rings is 1. The lowest BCUT2D eigenvalue weighted by atomic mass is 9.93. The Morgan fingerprint density at radius 2 is 1.84 bits per heavy atom. The number of likely N-dealkylation sites (tertiary alicyclic amines) is 1. The Hall–Kier alpha value is -4.17. The van der Waals surface area contributed by atoms with Crippen LogP contribution in [-0.4, -0.2) is 65.1 Å². The van der Waals surface area contributed by atoms with E-state index in [1.54, 1.807) is 47.8 Å². The summed E-state index contributed by atoms with van der Waals surface area (Å²) < 4.78 is 39.4. The number of nitrogens with zero attached hydrogens (tertiary/aromatic N) is 4. The molecule has 1 saturated heterocycles. The molecule has 0 radical (unpaired) electrons. The summed E-state index contributed by atoms with van der Waals surface area (Å²) in [5.74, 6) is 0.156. The topological polar surface area (TPSA) is 145 Å². The van der Waals surface area contributed by atoms with Gasteiger partial charge in [-0.25, -0.2) is 14.8 Å². The molecule has 1 fully saturated rings. The van der Waals surface area contributed by atoms with Crippen LogP contribution < -0.4 is 14.8 Å². The van der Waals surface area contributed by atoms with Crippen molar-refractivity contribution in [1.29, 1.82) is 0 Å². The highest BCUT2D eigenvalue weighted by molar-refractivity contribution is 7.87. The fourth-order valence-electron chi connectivity index (χ4n) is 4.92. The van der Waals surface area contributed by atoms with Gasteiger partial charge in [0.15, 0.2) is 5.13 Å². The third-order valence-electron chi connectivity index (χ3n) is 7.18. The summed E-state index contributed by atoms with van der Waals surface area (Å²) in [7, 11) is -4.06. The summed E-state index contributed by atoms with van der Waals surface area (Å²) >= 11 is 1.24. The van der Waals surface area contributed by atoms with Crippen molar-refractivity contribution in [3.8, 4) is 5.75 Å². The number of imidazole rings is 1. The number of carbonyl (C=O) groups excluding carboxylic acids is 2. The lowest BCUT2D eigenvalue weighted by Gasteiger charge is -2.33. The number of hydrogen-bond acceptors (Lipinski definition) is 10. The predicted octanol–water partition coefficient (Wildman–Crippen LogP) is 5.74. The van der Waals surface area contributed by atoms with Gasteiger partial charge in [0.25, 0.3) is 0 Å². The Labute approximate surface area is 266 Å². The number of nitrogens with one attached hydrogen (secondary N) is 2. The van der Waals surface area contributed by atoms with E-state index in [1.165, 1.54) is 23.5 Å². The molecule has 5 rings (SSSR count). The second-order valence-electron chi connectivity index (χ2n) is 12.0. The first-order valence-corrected chi connectivity index (χ1v) is 17.1. The molecule has 2 aromatic heterocycles. The van der Waals surface area contributed by atoms with Gasteiger partial charge in [0.1, 0.15) is 16.2 Å². The normalized spacial score (nSPS) is 14.3. The molecule has 12 nitrogen and oxygen atoms in total. The van der Waals surface area contributed by atoms with E-state index in [4.69, 9.17) is 8.92 Å². The van der Waals surface area contributed by atoms with E-state index in [0.29, 0.717) is 47.7 Å². The van der Waals surface area contributed by atoms with Crippen LogP contribution in [0.1, 0.15) is 46.5 Å². The van der Waals surface area contributed by atoms with Gasteiger partial charge in [-0.2, -0.15) is 8.42 Å². The number of aryl methyl sites for hydroxylation is 1. The molecular formula is C31H38N6O6S2. The maximum absolute atomic E-state index is 13.0. The van der Waals surface area contributed by atoms with E-state index < -0.39 is 15.7 Å². The van der Waals surface area contributed by atoms with Crippen molar-refractivity contribution in [2.24, 2.45) is 5.92 Å². The number of amides is 2. The van der Waals surface area contributed by atoms with Crippen molar-refractivity contribution < 1.29 is 26.9 Å². The lowest BCUT2D eigenvalue weighted by molar-refractivity contribution is -0.117. The third kappa shape index (κ3) is 9.17. The SMILES string of the molecule is CC(C)(C)OC(=O)N1CCC(CC(=O)Nc2nc3ccc(OS(=O)(=O)c4ccc(NCCCn5ccnc5)cc4)cc3s2)CC1. The van der Waals surface area contributed by atoms with E-state index in [1.807, 2.05) is 31.5 Å². The zero-order valence-corrected chi connectivity index (χ0v) is 27.2. The average molecular weight is 655 g/mol. The molecular weight excluding hydrogens is 617 g/mol. The number of benzene rings is 2. The fraction of sp³-hybridized carbons (Fsp3) is 0.419. The number of carbonyl (C=O) groups is 2. The molecule has 14 heteroatoms. The van der Waals surface area contributed by atoms with Gasteiger partial charge >= 0.3 is 16.2 Å². The van der Waals surface area contributed by atoms with Gasteiger partial charge in [-0.15, -0.1) is 0 Å². The molecule has 0 aliphatic carbocycles. The Morgan fingerprint density at radius 1 is 1.09 bits per heavy atom. The van der Waals surface area contributed by atoms with Gasteiger partial charge < -0.3 is 29.0 Å². The highest BCUT2D eigenvalue weighted by atomic mass is 32.2. The largest absolute Gasteiger partial charge is 0.444 e. The Balaban J connectivity index is 1.10. The summed E-state index contributed by atoms with van der Waals surface area (Å²) in [5, 5.41) is 6.57. The molecule has 45 heavy (non-hydrogen) atoms. The number of fused-ring (bicyclic) bond motifs is 1. The van der Waals surface area contributed by atoms with Gasteiger partial charge in [-0.05, 0) is 82.3 Å². The van der Waals surface area contributed by atoms with Gasteiger partial charge in [0.2, 0.25) is 5.91 Å². The smallest absolute Gasteiger partial charge is 0.410 e. The van der Waals surface area contributed by atoms with Crippen molar-refractivity contribution in [3.05, 3.63) is 61.2 Å². The average Bonchev–Trinajstić information content (AvgIpc) is 3.64. The summed E-state index contributed by atoms with van der Waals surface area (Å²) in [6.07, 6.45) is 7.75. The molecule has 2 amide bonds. The molecule has 0 spiro atoms. The summed E-state index contributed by atoms with van der Waals surface area (Å²) in [6, 6.07) is 11.2. The molecule has 1 aliphatic rings. The summed E-state index contributed by atoms with van der Waals surface area (Å²) in [6.45, 7) is 8.18. The van der Waals surface area contributed by atoms with E-state index in [9.17, 15) is 18.0 Å². The van der Waals surface area contributed by atoms with E-state index in [2.05, 4.69) is 20.6 Å². The zero-order valence-electron chi connectivity index (χ0n) is 25.6. The minimum atomic E-state index is -4.06. The van der Waals surface area contributed by atoms with Crippen LogP contribution in [-0.2, 0) is 26.2 Å². The van der Waals surface area contributed by atoms with E-state index in [0.717, 1.165) is 25.2 Å². The van der Waals surface area contributed by atoms with Crippen molar-refractivity contribution in [3.63, 3.8) is 0 Å². The van der Waals surface area contributed by atoms with Crippen molar-refractivity contribution >= 4 is 54.5 Å². The van der Waals surface area contributed by atoms with E-state index >= 15 is 0 Å². The van der Waals surface area contributed by atoms with Crippen LogP contribution in [0.3, 0.4) is 0 Å².